The van der Waals surface area contributed by atoms with Gasteiger partial charge in [0.2, 0.25) is 5.89 Å². The van der Waals surface area contributed by atoms with Crippen LogP contribution in [0.3, 0.4) is 0 Å². The van der Waals surface area contributed by atoms with Crippen LogP contribution in [0, 0.1) is 0 Å². The van der Waals surface area contributed by atoms with Gasteiger partial charge in [-0.3, -0.25) is 0 Å². The maximum absolute atomic E-state index is 11.2. The van der Waals surface area contributed by atoms with Crippen molar-refractivity contribution in [3.05, 3.63) is 51.5 Å². The van der Waals surface area contributed by atoms with Crippen molar-refractivity contribution in [3.63, 3.8) is 0 Å². The Hall–Kier alpha value is -1.85. The van der Waals surface area contributed by atoms with Crippen molar-refractivity contribution >= 4 is 44.6 Å². The Morgan fingerprint density at radius 3 is 2.75 bits per heavy atom. The van der Waals surface area contributed by atoms with E-state index >= 15 is 0 Å². The van der Waals surface area contributed by atoms with Crippen LogP contribution in [-0.2, 0) is 0 Å². The fraction of sp³-hybridized carbons (Fsp3) is 0. The van der Waals surface area contributed by atoms with E-state index in [1.54, 1.807) is 30.3 Å². The molecular formula is C14H7BrClNO3. The quantitative estimate of drug-likeness (QED) is 0.731. The van der Waals surface area contributed by atoms with Crippen LogP contribution in [0.5, 0.6) is 0 Å². The zero-order valence-electron chi connectivity index (χ0n) is 9.93. The van der Waals surface area contributed by atoms with Gasteiger partial charge in [-0.25, -0.2) is 9.78 Å². The van der Waals surface area contributed by atoms with E-state index in [9.17, 15) is 4.79 Å². The van der Waals surface area contributed by atoms with Crippen LogP contribution in [0.2, 0.25) is 5.02 Å². The molecule has 0 amide bonds. The minimum absolute atomic E-state index is 0.0763. The zero-order valence-corrected chi connectivity index (χ0v) is 12.3. The third kappa shape index (κ3) is 2.09. The second kappa shape index (κ2) is 4.92. The van der Waals surface area contributed by atoms with Gasteiger partial charge in [-0.2, -0.15) is 0 Å². The molecule has 0 saturated carbocycles. The third-order valence-electron chi connectivity index (χ3n) is 2.83. The van der Waals surface area contributed by atoms with Crippen LogP contribution in [-0.4, -0.2) is 16.1 Å². The molecule has 0 fully saturated rings. The van der Waals surface area contributed by atoms with Crippen LogP contribution in [0.4, 0.5) is 0 Å². The normalized spacial score (nSPS) is 10.9. The molecule has 0 aliphatic carbocycles. The summed E-state index contributed by atoms with van der Waals surface area (Å²) in [4.78, 5) is 15.5. The van der Waals surface area contributed by atoms with E-state index in [1.165, 1.54) is 6.07 Å². The third-order valence-corrected chi connectivity index (χ3v) is 4.12. The SMILES string of the molecule is O=C(O)c1cccc2nc(-c3cccc(Br)c3Cl)oc12. The van der Waals surface area contributed by atoms with Gasteiger partial charge in [-0.15, -0.1) is 0 Å². The molecule has 0 radical (unpaired) electrons. The maximum Gasteiger partial charge on any atom is 0.339 e. The summed E-state index contributed by atoms with van der Waals surface area (Å²) in [6.45, 7) is 0. The molecule has 3 rings (SSSR count). The molecule has 0 aliphatic heterocycles. The van der Waals surface area contributed by atoms with Gasteiger partial charge in [0, 0.05) is 4.47 Å². The predicted octanol–water partition coefficient (Wildman–Crippen LogP) is 4.61. The topological polar surface area (TPSA) is 63.3 Å². The van der Waals surface area contributed by atoms with Crippen molar-refractivity contribution in [1.29, 1.82) is 0 Å². The van der Waals surface area contributed by atoms with Crippen LogP contribution in [0.15, 0.2) is 45.3 Å². The molecule has 0 bridgehead atoms. The zero-order chi connectivity index (χ0) is 14.3. The highest BCUT2D eigenvalue weighted by atomic mass is 79.9. The van der Waals surface area contributed by atoms with Crippen LogP contribution in [0.25, 0.3) is 22.6 Å². The number of benzene rings is 2. The summed E-state index contributed by atoms with van der Waals surface area (Å²) in [6.07, 6.45) is 0. The van der Waals surface area contributed by atoms with E-state index in [-0.39, 0.29) is 11.1 Å². The number of para-hydroxylation sites is 1. The maximum atomic E-state index is 11.2. The first-order chi connectivity index (χ1) is 9.58. The second-order valence-corrected chi connectivity index (χ2v) is 5.31. The summed E-state index contributed by atoms with van der Waals surface area (Å²) < 4.78 is 6.30. The Bertz CT molecular complexity index is 828. The molecule has 0 spiro atoms. The van der Waals surface area contributed by atoms with Gasteiger partial charge in [0.05, 0.1) is 10.6 Å². The number of aromatic nitrogens is 1. The lowest BCUT2D eigenvalue weighted by molar-refractivity contribution is 0.0698. The number of nitrogens with zero attached hydrogens (tertiary/aromatic N) is 1. The lowest BCUT2D eigenvalue weighted by Crippen LogP contribution is -1.95. The van der Waals surface area contributed by atoms with E-state index in [0.717, 1.165) is 4.47 Å². The Labute approximate surface area is 127 Å². The lowest BCUT2D eigenvalue weighted by Gasteiger charge is -2.00. The monoisotopic (exact) mass is 351 g/mol. The number of hydrogen-bond donors (Lipinski definition) is 1. The average molecular weight is 353 g/mol. The molecule has 0 atom stereocenters. The molecule has 1 heterocycles. The predicted molar refractivity (Wildman–Crippen MR) is 79.1 cm³/mol. The van der Waals surface area contributed by atoms with Gasteiger partial charge in [0.1, 0.15) is 11.1 Å². The number of carbonyl (C=O) groups is 1. The number of carboxylic acid groups (broad SMARTS) is 1. The summed E-state index contributed by atoms with van der Waals surface area (Å²) in [5.74, 6) is -0.765. The number of oxazole rings is 1. The second-order valence-electron chi connectivity index (χ2n) is 4.08. The van der Waals surface area contributed by atoms with Crippen molar-refractivity contribution in [2.75, 3.05) is 0 Å². The smallest absolute Gasteiger partial charge is 0.339 e. The highest BCUT2D eigenvalue weighted by molar-refractivity contribution is 9.10. The Morgan fingerprint density at radius 1 is 1.25 bits per heavy atom. The molecule has 0 unspecified atom stereocenters. The Morgan fingerprint density at radius 2 is 2.00 bits per heavy atom. The first kappa shape index (κ1) is 13.1. The fourth-order valence-electron chi connectivity index (χ4n) is 1.90. The number of carboxylic acids is 1. The number of halogens is 2. The van der Waals surface area contributed by atoms with Gasteiger partial charge >= 0.3 is 5.97 Å². The minimum Gasteiger partial charge on any atom is -0.478 e. The van der Waals surface area contributed by atoms with E-state index in [1.807, 2.05) is 0 Å². The molecule has 1 aromatic heterocycles. The Kier molecular flexibility index (Phi) is 3.23. The van der Waals surface area contributed by atoms with Crippen molar-refractivity contribution in [1.82, 2.24) is 4.98 Å². The molecule has 0 saturated heterocycles. The van der Waals surface area contributed by atoms with Crippen molar-refractivity contribution in [3.8, 4) is 11.5 Å². The number of fused-ring (bicyclic) bond motifs is 1. The molecule has 100 valence electrons. The summed E-state index contributed by atoms with van der Waals surface area (Å²) in [5, 5.41) is 9.61. The van der Waals surface area contributed by atoms with E-state index in [4.69, 9.17) is 21.1 Å². The number of hydrogen-bond acceptors (Lipinski definition) is 3. The molecule has 1 N–H and O–H groups in total. The van der Waals surface area contributed by atoms with E-state index < -0.39 is 5.97 Å². The summed E-state index contributed by atoms with van der Waals surface area (Å²) in [5.41, 5.74) is 1.41. The molecule has 0 aliphatic rings. The summed E-state index contributed by atoms with van der Waals surface area (Å²) >= 11 is 9.52. The first-order valence-corrected chi connectivity index (χ1v) is 6.82. The highest BCUT2D eigenvalue weighted by Crippen LogP contribution is 2.35. The van der Waals surface area contributed by atoms with Gasteiger partial charge < -0.3 is 9.52 Å². The number of aromatic carboxylic acids is 1. The standard InChI is InChI=1S/C14H7BrClNO3/c15-9-5-1-3-7(11(9)16)13-17-10-6-2-4-8(14(18)19)12(10)20-13/h1-6H,(H,18,19). The Balaban J connectivity index is 2.26. The molecule has 6 heteroatoms. The average Bonchev–Trinajstić information content (AvgIpc) is 2.84. The fourth-order valence-corrected chi connectivity index (χ4v) is 2.47. The molecule has 2 aromatic carbocycles. The van der Waals surface area contributed by atoms with Crippen molar-refractivity contribution in [2.45, 2.75) is 0 Å². The van der Waals surface area contributed by atoms with Crippen molar-refractivity contribution < 1.29 is 14.3 Å². The molecule has 20 heavy (non-hydrogen) atoms. The summed E-state index contributed by atoms with van der Waals surface area (Å²) in [7, 11) is 0. The molecule has 3 aromatic rings. The van der Waals surface area contributed by atoms with Gasteiger partial charge in [0.15, 0.2) is 5.58 Å². The number of rotatable bonds is 2. The molecular weight excluding hydrogens is 346 g/mol. The van der Waals surface area contributed by atoms with Crippen LogP contribution < -0.4 is 0 Å². The largest absolute Gasteiger partial charge is 0.478 e. The van der Waals surface area contributed by atoms with Crippen LogP contribution >= 0.6 is 27.5 Å². The molecule has 4 nitrogen and oxygen atoms in total. The van der Waals surface area contributed by atoms with Crippen LogP contribution in [0.1, 0.15) is 10.4 Å². The lowest BCUT2D eigenvalue weighted by atomic mass is 10.2. The van der Waals surface area contributed by atoms with E-state index in [0.29, 0.717) is 22.0 Å². The first-order valence-electron chi connectivity index (χ1n) is 5.65. The van der Waals surface area contributed by atoms with Crippen molar-refractivity contribution in [2.24, 2.45) is 0 Å². The van der Waals surface area contributed by atoms with Gasteiger partial charge in [-0.1, -0.05) is 23.7 Å². The summed E-state index contributed by atoms with van der Waals surface area (Å²) in [6, 6.07) is 10.2. The van der Waals surface area contributed by atoms with Gasteiger partial charge in [-0.05, 0) is 40.2 Å². The van der Waals surface area contributed by atoms with Gasteiger partial charge in [0.25, 0.3) is 0 Å². The minimum atomic E-state index is -1.06. The van der Waals surface area contributed by atoms with E-state index in [2.05, 4.69) is 20.9 Å². The highest BCUT2D eigenvalue weighted by Gasteiger charge is 2.17.